The van der Waals surface area contributed by atoms with Crippen LogP contribution in [0.25, 0.3) is 0 Å². The highest BCUT2D eigenvalue weighted by Crippen LogP contribution is 2.21. The van der Waals surface area contributed by atoms with Crippen LogP contribution in [0.4, 0.5) is 4.39 Å². The Morgan fingerprint density at radius 3 is 2.21 bits per heavy atom. The largest absolute Gasteiger partial charge is 0.291 e. The number of carbonyl (C=O) groups is 2. The molecule has 0 bridgehead atoms. The predicted molar refractivity (Wildman–Crippen MR) is 50.7 cm³/mol. The Kier molecular flexibility index (Phi) is 3.36. The van der Waals surface area contributed by atoms with Gasteiger partial charge in [0.2, 0.25) is 5.78 Å². The molecule has 0 heterocycles. The van der Waals surface area contributed by atoms with E-state index in [1.54, 1.807) is 0 Å². The molecule has 0 spiro atoms. The third-order valence-corrected chi connectivity index (χ3v) is 2.19. The molecule has 0 fully saturated rings. The molecule has 1 aromatic rings. The van der Waals surface area contributed by atoms with E-state index in [2.05, 4.69) is 0 Å². The van der Waals surface area contributed by atoms with E-state index in [4.69, 9.17) is 11.6 Å². The number of carbonyl (C=O) groups excluding carboxylic acids is 2. The van der Waals surface area contributed by atoms with Crippen LogP contribution in [0.2, 0.25) is 0 Å². The fourth-order valence-corrected chi connectivity index (χ4v) is 1.26. The first-order chi connectivity index (χ1) is 6.52. The molecule has 74 valence electrons. The number of rotatable bonds is 3. The van der Waals surface area contributed by atoms with Gasteiger partial charge < -0.3 is 0 Å². The van der Waals surface area contributed by atoms with E-state index in [1.807, 2.05) is 0 Å². The summed E-state index contributed by atoms with van der Waals surface area (Å²) < 4.78 is 12.5. The summed E-state index contributed by atoms with van der Waals surface area (Å²) in [7, 11) is 0. The van der Waals surface area contributed by atoms with Crippen LogP contribution in [0.5, 0.6) is 0 Å². The standard InChI is InChI=1S/C10H8ClFO2/c1-6(13)10(14)9(11)7-2-4-8(12)5-3-7/h2-5,9H,1H3. The van der Waals surface area contributed by atoms with Crippen molar-refractivity contribution in [1.29, 1.82) is 0 Å². The summed E-state index contributed by atoms with van der Waals surface area (Å²) in [6.07, 6.45) is 0. The molecule has 4 heteroatoms. The molecule has 14 heavy (non-hydrogen) atoms. The first kappa shape index (κ1) is 10.9. The lowest BCUT2D eigenvalue weighted by atomic mass is 10.1. The minimum absolute atomic E-state index is 0.409. The van der Waals surface area contributed by atoms with Gasteiger partial charge in [-0.25, -0.2) is 4.39 Å². The van der Waals surface area contributed by atoms with Crippen molar-refractivity contribution in [2.45, 2.75) is 12.3 Å². The van der Waals surface area contributed by atoms with Crippen LogP contribution in [0.15, 0.2) is 24.3 Å². The van der Waals surface area contributed by atoms with Crippen molar-refractivity contribution in [3.63, 3.8) is 0 Å². The van der Waals surface area contributed by atoms with Crippen molar-refractivity contribution in [3.8, 4) is 0 Å². The first-order valence-corrected chi connectivity index (χ1v) is 4.40. The topological polar surface area (TPSA) is 34.1 Å². The zero-order valence-corrected chi connectivity index (χ0v) is 8.22. The third kappa shape index (κ3) is 2.39. The Balaban J connectivity index is 2.89. The SMILES string of the molecule is CC(=O)C(=O)C(Cl)c1ccc(F)cc1. The van der Waals surface area contributed by atoms with Gasteiger partial charge in [0.25, 0.3) is 0 Å². The van der Waals surface area contributed by atoms with Gasteiger partial charge in [0.15, 0.2) is 5.78 Å². The molecule has 1 atom stereocenters. The fraction of sp³-hybridized carbons (Fsp3) is 0.200. The molecule has 1 rings (SSSR count). The second-order valence-electron chi connectivity index (χ2n) is 2.83. The summed E-state index contributed by atoms with van der Waals surface area (Å²) in [5.74, 6) is -1.69. The Hall–Kier alpha value is -1.22. The third-order valence-electron chi connectivity index (χ3n) is 1.74. The quantitative estimate of drug-likeness (QED) is 0.571. The van der Waals surface area contributed by atoms with Crippen LogP contribution in [-0.4, -0.2) is 11.6 Å². The van der Waals surface area contributed by atoms with Crippen molar-refractivity contribution >= 4 is 23.2 Å². The Labute approximate surface area is 85.7 Å². The van der Waals surface area contributed by atoms with Crippen LogP contribution >= 0.6 is 11.6 Å². The highest BCUT2D eigenvalue weighted by atomic mass is 35.5. The van der Waals surface area contributed by atoms with E-state index in [9.17, 15) is 14.0 Å². The molecule has 1 unspecified atom stereocenters. The van der Waals surface area contributed by atoms with Gasteiger partial charge in [0, 0.05) is 6.92 Å². The maximum Gasteiger partial charge on any atom is 0.220 e. The molecule has 0 aromatic heterocycles. The zero-order chi connectivity index (χ0) is 10.7. The van der Waals surface area contributed by atoms with Gasteiger partial charge in [-0.15, -0.1) is 11.6 Å². The van der Waals surface area contributed by atoms with Gasteiger partial charge in [-0.2, -0.15) is 0 Å². The highest BCUT2D eigenvalue weighted by molar-refractivity contribution is 6.48. The average molecular weight is 215 g/mol. The molecule has 1 aromatic carbocycles. The fourth-order valence-electron chi connectivity index (χ4n) is 0.962. The monoisotopic (exact) mass is 214 g/mol. The molecule has 2 nitrogen and oxygen atoms in total. The van der Waals surface area contributed by atoms with Crippen molar-refractivity contribution in [3.05, 3.63) is 35.6 Å². The second kappa shape index (κ2) is 4.33. The lowest BCUT2D eigenvalue weighted by Crippen LogP contribution is -2.15. The van der Waals surface area contributed by atoms with Crippen LogP contribution in [-0.2, 0) is 9.59 Å². The molecule has 0 radical (unpaired) electrons. The van der Waals surface area contributed by atoms with Gasteiger partial charge in [-0.05, 0) is 17.7 Å². The van der Waals surface area contributed by atoms with E-state index in [0.29, 0.717) is 5.56 Å². The number of halogens is 2. The summed E-state index contributed by atoms with van der Waals surface area (Å²) >= 11 is 5.71. The van der Waals surface area contributed by atoms with Crippen LogP contribution < -0.4 is 0 Å². The van der Waals surface area contributed by atoms with E-state index in [0.717, 1.165) is 6.92 Å². The number of alkyl halides is 1. The van der Waals surface area contributed by atoms with Gasteiger partial charge in [0.1, 0.15) is 11.2 Å². The normalized spacial score (nSPS) is 12.2. The molecule has 0 saturated heterocycles. The summed E-state index contributed by atoms with van der Waals surface area (Å²) in [5.41, 5.74) is 0.424. The average Bonchev–Trinajstić information content (AvgIpc) is 2.16. The van der Waals surface area contributed by atoms with Crippen LogP contribution in [0.1, 0.15) is 17.9 Å². The summed E-state index contributed by atoms with van der Waals surface area (Å²) in [6.45, 7) is 1.15. The molecule has 0 aliphatic carbocycles. The maximum absolute atomic E-state index is 12.5. The number of benzene rings is 1. The number of ketones is 2. The van der Waals surface area contributed by atoms with Crippen LogP contribution in [0.3, 0.4) is 0 Å². The van der Waals surface area contributed by atoms with Crippen molar-refractivity contribution < 1.29 is 14.0 Å². The number of Topliss-reactive ketones (excluding diaryl/α,β-unsaturated/α-hetero) is 2. The van der Waals surface area contributed by atoms with E-state index in [1.165, 1.54) is 24.3 Å². The lowest BCUT2D eigenvalue weighted by molar-refractivity contribution is -0.135. The van der Waals surface area contributed by atoms with Crippen molar-refractivity contribution in [2.24, 2.45) is 0 Å². The minimum Gasteiger partial charge on any atom is -0.291 e. The number of hydrogen-bond acceptors (Lipinski definition) is 2. The van der Waals surface area contributed by atoms with Crippen molar-refractivity contribution in [1.82, 2.24) is 0 Å². The summed E-state index contributed by atoms with van der Waals surface area (Å²) in [4.78, 5) is 21.9. The van der Waals surface area contributed by atoms with E-state index >= 15 is 0 Å². The summed E-state index contributed by atoms with van der Waals surface area (Å²) in [6, 6.07) is 5.15. The molecular formula is C10H8ClFO2. The molecule has 0 saturated carbocycles. The van der Waals surface area contributed by atoms with Gasteiger partial charge >= 0.3 is 0 Å². The zero-order valence-electron chi connectivity index (χ0n) is 7.46. The maximum atomic E-state index is 12.5. The molecule has 0 amide bonds. The first-order valence-electron chi connectivity index (χ1n) is 3.96. The Morgan fingerprint density at radius 1 is 1.29 bits per heavy atom. The Bertz CT molecular complexity index is 359. The van der Waals surface area contributed by atoms with Gasteiger partial charge in [-0.3, -0.25) is 9.59 Å². The predicted octanol–water partition coefficient (Wildman–Crippen LogP) is 2.26. The molecular weight excluding hydrogens is 207 g/mol. The minimum atomic E-state index is -1.02. The molecule has 0 aliphatic rings. The van der Waals surface area contributed by atoms with Crippen molar-refractivity contribution in [2.75, 3.05) is 0 Å². The molecule has 0 aliphatic heterocycles. The highest BCUT2D eigenvalue weighted by Gasteiger charge is 2.21. The Morgan fingerprint density at radius 2 is 1.79 bits per heavy atom. The molecule has 0 N–H and O–H groups in total. The van der Waals surface area contributed by atoms with E-state index < -0.39 is 22.8 Å². The lowest BCUT2D eigenvalue weighted by Gasteiger charge is -2.05. The second-order valence-corrected chi connectivity index (χ2v) is 3.27. The summed E-state index contributed by atoms with van der Waals surface area (Å²) in [5, 5.41) is -1.02. The number of hydrogen-bond donors (Lipinski definition) is 0. The smallest absolute Gasteiger partial charge is 0.220 e. The van der Waals surface area contributed by atoms with E-state index in [-0.39, 0.29) is 0 Å². The van der Waals surface area contributed by atoms with Gasteiger partial charge in [0.05, 0.1) is 0 Å². The van der Waals surface area contributed by atoms with Crippen LogP contribution in [0, 0.1) is 5.82 Å². The van der Waals surface area contributed by atoms with Gasteiger partial charge in [-0.1, -0.05) is 12.1 Å².